The Labute approximate surface area is 357 Å². The number of esters is 1. The number of pyridine rings is 1. The van der Waals surface area contributed by atoms with Crippen LogP contribution in [0.25, 0.3) is 0 Å². The minimum Gasteiger partial charge on any atom is -0.461 e. The van der Waals surface area contributed by atoms with Crippen LogP contribution < -0.4 is 18.9 Å². The summed E-state index contributed by atoms with van der Waals surface area (Å²) in [6.07, 6.45) is 5.56. The minimum atomic E-state index is -0.505. The van der Waals surface area contributed by atoms with E-state index in [0.29, 0.717) is 13.0 Å². The van der Waals surface area contributed by atoms with Gasteiger partial charge in [-0.25, -0.2) is 4.98 Å². The van der Waals surface area contributed by atoms with Crippen molar-refractivity contribution in [2.24, 2.45) is 0 Å². The van der Waals surface area contributed by atoms with Gasteiger partial charge in [0.05, 0.1) is 0 Å². The molecule has 6 rings (SSSR count). The standard InChI is InChI=1S/2C11H14O2.C10H12O2.C7H9NS2.C3H8.C2H6.4CH4/c2*1-4-8-5-6-9-10(7-8)13-11(2,3)12-9;1-2-10(11)12-8-9-6-4-3-5-7-9;1-2-9-10-7-5-3-4-6-8-7;1-3-2;1-2;;;;/h2*5-7H,4H2,1-3H3;3-7H,2,8H2,1H3;3-6H,2H2,1H3;3H2,1-2H3;1-2H3;4*1H4. The molecule has 9 heteroatoms. The molecule has 0 fully saturated rings. The van der Waals surface area contributed by atoms with Crippen LogP contribution in [-0.2, 0) is 29.0 Å². The normalized spacial score (nSPS) is 12.1. The summed E-state index contributed by atoms with van der Waals surface area (Å²) in [7, 11) is 3.54. The third-order valence-electron chi connectivity index (χ3n) is 6.69. The zero-order chi connectivity index (χ0) is 39.7. The van der Waals surface area contributed by atoms with Crippen LogP contribution >= 0.6 is 21.6 Å². The van der Waals surface area contributed by atoms with E-state index < -0.39 is 11.6 Å². The van der Waals surface area contributed by atoms with Crippen molar-refractivity contribution in [1.82, 2.24) is 4.98 Å². The van der Waals surface area contributed by atoms with Crippen molar-refractivity contribution in [3.63, 3.8) is 0 Å². The van der Waals surface area contributed by atoms with E-state index in [1.165, 1.54) is 17.5 Å². The van der Waals surface area contributed by atoms with Gasteiger partial charge in [-0.2, -0.15) is 0 Å². The summed E-state index contributed by atoms with van der Waals surface area (Å²) in [5.41, 5.74) is 3.58. The highest BCUT2D eigenvalue weighted by atomic mass is 33.1. The Hall–Kier alpha value is -3.82. The van der Waals surface area contributed by atoms with Gasteiger partial charge in [0.15, 0.2) is 23.0 Å². The molecule has 3 heterocycles. The molecule has 0 spiro atoms. The van der Waals surface area contributed by atoms with Gasteiger partial charge in [-0.15, -0.1) is 0 Å². The van der Waals surface area contributed by atoms with Crippen molar-refractivity contribution in [2.75, 3.05) is 5.75 Å². The fourth-order valence-corrected chi connectivity index (χ4v) is 5.82. The summed E-state index contributed by atoms with van der Waals surface area (Å²) in [5.74, 6) is 3.39. The number of benzene rings is 3. The van der Waals surface area contributed by atoms with Gasteiger partial charge in [0.25, 0.3) is 0 Å². The number of nitrogens with zero attached hydrogens (tertiary/aromatic N) is 1. The Morgan fingerprint density at radius 2 is 1.05 bits per heavy atom. The van der Waals surface area contributed by atoms with E-state index >= 15 is 0 Å². The molecule has 1 aromatic heterocycles. The maximum atomic E-state index is 10.8. The van der Waals surface area contributed by atoms with E-state index in [1.807, 2.05) is 131 Å². The quantitative estimate of drug-likeness (QED) is 0.127. The lowest BCUT2D eigenvalue weighted by atomic mass is 10.1. The highest BCUT2D eigenvalue weighted by Gasteiger charge is 2.32. The molecule has 0 saturated carbocycles. The van der Waals surface area contributed by atoms with Crippen LogP contribution in [0.3, 0.4) is 0 Å². The second kappa shape index (κ2) is 33.2. The molecular formula is C48H79NO6S2. The van der Waals surface area contributed by atoms with Crippen molar-refractivity contribution in [3.05, 3.63) is 108 Å². The van der Waals surface area contributed by atoms with Gasteiger partial charge in [0, 0.05) is 46.1 Å². The van der Waals surface area contributed by atoms with Gasteiger partial charge in [0.2, 0.25) is 11.6 Å². The van der Waals surface area contributed by atoms with Gasteiger partial charge in [-0.1, -0.05) is 151 Å². The largest absolute Gasteiger partial charge is 0.461 e. The molecule has 0 radical (unpaired) electrons. The van der Waals surface area contributed by atoms with Gasteiger partial charge < -0.3 is 23.7 Å². The number of ether oxygens (including phenoxy) is 5. The van der Waals surface area contributed by atoms with Gasteiger partial charge in [0.1, 0.15) is 11.6 Å². The summed E-state index contributed by atoms with van der Waals surface area (Å²) >= 11 is 0. The summed E-state index contributed by atoms with van der Waals surface area (Å²) in [6.45, 7) is 24.5. The first-order valence-corrected chi connectivity index (χ1v) is 21.1. The van der Waals surface area contributed by atoms with Crippen LogP contribution in [0, 0.1) is 0 Å². The number of carbonyl (C=O) groups is 1. The SMILES string of the molecule is C.C.C.C.CC.CCC.CCC(=O)OCc1ccccc1.CCSSc1ccccn1.CCc1ccc2c(c1)OC(C)(C)O2.CCc1ccc2c(c1)OC(C)(C)O2. The van der Waals surface area contributed by atoms with Crippen LogP contribution in [0.5, 0.6) is 23.0 Å². The van der Waals surface area contributed by atoms with Crippen molar-refractivity contribution in [3.8, 4) is 23.0 Å². The Kier molecular flexibility index (Phi) is 34.9. The monoisotopic (exact) mass is 830 g/mol. The number of fused-ring (bicyclic) bond motifs is 2. The number of hydrogen-bond donors (Lipinski definition) is 0. The van der Waals surface area contributed by atoms with Crippen LogP contribution in [0.15, 0.2) is 96.2 Å². The van der Waals surface area contributed by atoms with E-state index in [2.05, 4.69) is 51.7 Å². The first kappa shape index (κ1) is 59.9. The van der Waals surface area contributed by atoms with E-state index in [1.54, 1.807) is 17.7 Å². The molecule has 57 heavy (non-hydrogen) atoms. The fraction of sp³-hybridized carbons (Fsp3) is 0.500. The Bertz CT molecular complexity index is 1500. The van der Waals surface area contributed by atoms with Gasteiger partial charge in [-0.05, 0) is 76.7 Å². The van der Waals surface area contributed by atoms with Crippen molar-refractivity contribution < 1.29 is 28.5 Å². The smallest absolute Gasteiger partial charge is 0.305 e. The molecular weight excluding hydrogens is 751 g/mol. The number of rotatable bonds is 8. The molecule has 2 aliphatic heterocycles. The third kappa shape index (κ3) is 24.5. The van der Waals surface area contributed by atoms with Crippen LogP contribution in [0.4, 0.5) is 0 Å². The van der Waals surface area contributed by atoms with Crippen LogP contribution in [-0.4, -0.2) is 28.3 Å². The lowest BCUT2D eigenvalue weighted by molar-refractivity contribution is -0.144. The first-order valence-electron chi connectivity index (χ1n) is 18.8. The van der Waals surface area contributed by atoms with Crippen LogP contribution in [0.2, 0.25) is 0 Å². The van der Waals surface area contributed by atoms with E-state index in [-0.39, 0.29) is 35.7 Å². The molecule has 4 aromatic rings. The lowest BCUT2D eigenvalue weighted by Crippen LogP contribution is -2.29. The third-order valence-corrected chi connectivity index (χ3v) is 9.03. The van der Waals surface area contributed by atoms with E-state index in [0.717, 1.165) is 52.2 Å². The van der Waals surface area contributed by atoms with E-state index in [4.69, 9.17) is 23.7 Å². The minimum absolute atomic E-state index is 0. The molecule has 0 unspecified atom stereocenters. The summed E-state index contributed by atoms with van der Waals surface area (Å²) < 4.78 is 27.3. The molecule has 0 amide bonds. The van der Waals surface area contributed by atoms with Crippen molar-refractivity contribution >= 4 is 27.6 Å². The van der Waals surface area contributed by atoms with Crippen molar-refractivity contribution in [1.29, 1.82) is 0 Å². The summed E-state index contributed by atoms with van der Waals surface area (Å²) in [4.78, 5) is 14.9. The molecule has 324 valence electrons. The molecule has 0 aliphatic carbocycles. The van der Waals surface area contributed by atoms with E-state index in [9.17, 15) is 4.79 Å². The second-order valence-electron chi connectivity index (χ2n) is 12.3. The molecule has 0 atom stereocenters. The number of hydrogen-bond acceptors (Lipinski definition) is 9. The average molecular weight is 830 g/mol. The van der Waals surface area contributed by atoms with Crippen molar-refractivity contribution in [2.45, 2.75) is 162 Å². The fourth-order valence-electron chi connectivity index (χ4n) is 4.33. The predicted octanol–water partition coefficient (Wildman–Crippen LogP) is 15.5. The molecule has 0 saturated heterocycles. The highest BCUT2D eigenvalue weighted by Crippen LogP contribution is 2.40. The van der Waals surface area contributed by atoms with Gasteiger partial charge in [-0.3, -0.25) is 4.79 Å². The van der Waals surface area contributed by atoms with Gasteiger partial charge >= 0.3 is 5.97 Å². The lowest BCUT2D eigenvalue weighted by Gasteiger charge is -2.16. The molecule has 2 aliphatic rings. The Morgan fingerprint density at radius 3 is 1.44 bits per heavy atom. The maximum absolute atomic E-state index is 10.8. The number of aromatic nitrogens is 1. The topological polar surface area (TPSA) is 76.1 Å². The highest BCUT2D eigenvalue weighted by molar-refractivity contribution is 8.76. The Balaban J connectivity index is -0.000000310. The second-order valence-corrected chi connectivity index (χ2v) is 14.9. The molecule has 0 bridgehead atoms. The summed E-state index contributed by atoms with van der Waals surface area (Å²) in [5, 5.41) is 1.09. The Morgan fingerprint density at radius 1 is 0.614 bits per heavy atom. The average Bonchev–Trinajstić information content (AvgIpc) is 3.66. The maximum Gasteiger partial charge on any atom is 0.305 e. The first-order chi connectivity index (χ1) is 25.4. The molecule has 3 aromatic carbocycles. The number of carbonyl (C=O) groups excluding carboxylic acids is 1. The zero-order valence-corrected chi connectivity index (χ0v) is 35.7. The van der Waals surface area contributed by atoms with Crippen LogP contribution in [0.1, 0.15) is 142 Å². The predicted molar refractivity (Wildman–Crippen MR) is 251 cm³/mol. The number of aryl methyl sites for hydroxylation is 2. The zero-order valence-electron chi connectivity index (χ0n) is 34.1. The summed E-state index contributed by atoms with van der Waals surface area (Å²) in [6, 6.07) is 27.8. The molecule has 7 nitrogen and oxygen atoms in total. The molecule has 0 N–H and O–H groups in total.